The Labute approximate surface area is 766 Å². The number of hydrogen-bond donors (Lipinski definition) is 0. The summed E-state index contributed by atoms with van der Waals surface area (Å²) in [5.41, 5.74) is 23.7. The minimum atomic E-state index is -0.946. The van der Waals surface area contributed by atoms with Crippen molar-refractivity contribution >= 4 is 22.7 Å². The van der Waals surface area contributed by atoms with Crippen molar-refractivity contribution in [2.75, 3.05) is 0 Å². The Morgan fingerprint density at radius 2 is 0.858 bits per heavy atom. The van der Waals surface area contributed by atoms with Gasteiger partial charge < -0.3 is 22.8 Å². The van der Waals surface area contributed by atoms with Crippen LogP contribution < -0.4 is 0 Å². The van der Waals surface area contributed by atoms with Crippen LogP contribution in [0.15, 0.2) is 201 Å². The van der Waals surface area contributed by atoms with Gasteiger partial charge in [-0.05, 0) is 145 Å². The molecule has 0 aliphatic rings. The van der Waals surface area contributed by atoms with E-state index in [2.05, 4.69) is 194 Å². The predicted molar refractivity (Wildman–Crippen MR) is 444 cm³/mol. The Morgan fingerprint density at radius 1 is 0.408 bits per heavy atom. The van der Waals surface area contributed by atoms with Crippen molar-refractivity contribution in [2.45, 2.75) is 103 Å². The molecule has 120 heavy (non-hydrogen) atoms. The Hall–Kier alpha value is -11.8. The van der Waals surface area contributed by atoms with Crippen LogP contribution in [-0.4, -0.2) is 47.8 Å². The monoisotopic (exact) mass is 2470 g/mol. The van der Waals surface area contributed by atoms with E-state index in [-0.39, 0.29) is 123 Å². The van der Waals surface area contributed by atoms with Gasteiger partial charge >= 0.3 is 0 Å². The number of nitrogens with zero attached hydrogens (tertiary/aromatic N) is 16. The van der Waals surface area contributed by atoms with Crippen LogP contribution in [0.5, 0.6) is 0 Å². The number of halogens is 3. The van der Waals surface area contributed by atoms with E-state index in [4.69, 9.17) is 26.3 Å². The summed E-state index contributed by atoms with van der Waals surface area (Å²) in [6.07, 6.45) is 13.9. The molecule has 5 aromatic heterocycles. The average Bonchev–Trinajstić information content (AvgIpc) is 1.59. The van der Waals surface area contributed by atoms with E-state index < -0.39 is 23.1 Å². The van der Waals surface area contributed by atoms with Crippen LogP contribution >= 0.6 is 0 Å². The largest absolute Gasteiger partial charge is 0.340 e. The van der Waals surface area contributed by atoms with E-state index in [9.17, 15) is 23.7 Å². The molecule has 15 rings (SSSR count). The molecule has 15 aromatic rings. The van der Waals surface area contributed by atoms with Gasteiger partial charge in [-0.1, -0.05) is 115 Å². The van der Waals surface area contributed by atoms with Crippen molar-refractivity contribution in [1.82, 2.24) is 47.8 Å². The van der Waals surface area contributed by atoms with Crippen molar-refractivity contribution < 1.29 is 114 Å². The third kappa shape index (κ3) is 21.3. The van der Waals surface area contributed by atoms with Crippen LogP contribution in [0.3, 0.4) is 0 Å². The molecular weight excluding hydrogens is 2400 g/mol. The molecule has 0 amide bonds. The number of nitriles is 2. The van der Waals surface area contributed by atoms with Gasteiger partial charge in [0.1, 0.15) is 34.9 Å². The van der Waals surface area contributed by atoms with Crippen molar-refractivity contribution in [3.05, 3.63) is 378 Å². The summed E-state index contributed by atoms with van der Waals surface area (Å²) in [6, 6.07) is 68.2. The molecule has 611 valence electrons. The maximum absolute atomic E-state index is 14.5. The van der Waals surface area contributed by atoms with Gasteiger partial charge in [0.25, 0.3) is 0 Å². The Kier molecular flexibility index (Phi) is 35.8. The van der Waals surface area contributed by atoms with Gasteiger partial charge in [-0.25, -0.2) is 0 Å². The summed E-state index contributed by atoms with van der Waals surface area (Å²) in [6.45, 7) is 55.0. The number of benzene rings is 10. The summed E-state index contributed by atoms with van der Waals surface area (Å²) >= 11 is 0. The minimum absolute atomic E-state index is 0. The van der Waals surface area contributed by atoms with Gasteiger partial charge in [0.05, 0.1) is 55.4 Å². The summed E-state index contributed by atoms with van der Waals surface area (Å²) in [5.74, 6) is 0.472. The van der Waals surface area contributed by atoms with E-state index in [0.29, 0.717) is 40.0 Å². The number of rotatable bonds is 12. The van der Waals surface area contributed by atoms with E-state index in [1.807, 2.05) is 117 Å². The number of imidazole rings is 5. The molecule has 0 aliphatic carbocycles. The average molecular weight is 2470 g/mol. The second-order valence-electron chi connectivity index (χ2n) is 27.1. The van der Waals surface area contributed by atoms with Crippen LogP contribution in [0.2, 0.25) is 0 Å². The van der Waals surface area contributed by atoms with Crippen LogP contribution in [0, 0.1) is 173 Å². The molecular formula is C96H76F3Ir5N16-5. The normalized spacial score (nSPS) is 10.0. The third-order valence-electron chi connectivity index (χ3n) is 19.1. The fourth-order valence-electron chi connectivity index (χ4n) is 14.2. The summed E-state index contributed by atoms with van der Waals surface area (Å²) in [4.78, 5) is 35.0. The van der Waals surface area contributed by atoms with E-state index in [1.165, 1.54) is 56.8 Å². The predicted octanol–water partition coefficient (Wildman–Crippen LogP) is 23.6. The molecule has 5 heterocycles. The standard InChI is InChI=1S/C21H17N4.C20H18N3.C19H16N3.C18H12F2N3.C18H13FN3.5Ir/c1-4-15-8-6-9-16(5-2)20(15)25-14-19(13-22)24-21(25)17-10-7-11-18(12-17)23-3;1-13-10-14(2)19(15(3)11-13)23-16(4)18(12-21)22-20(23)17-8-6-5-7-9-17;1-13-10-14(2)18(15(3)11-13)22-9-8-21-19(22)16-6-5-7-17(12-16)20-4;1-11-5-4-6-12(2)17(11)23-10-9-22-18(23)13-7-8-14(19)16(21-3)15(13)20;1-12-6-4-7-13(2)17(12)22-11-10-21-18(22)14-8-5-9-15(20-3)16(14)19;;;;;/h6-9,11-12,14H,4-5H2,1-2H3;5-8,10-11H,1-4H3;5,7-12H,1-3H3;4-6,8-10H,1-2H3;4-7,9-11H,1-2H3;;;;;/q5*-1;;;;;. The molecule has 0 aliphatic heterocycles. The smallest absolute Gasteiger partial charge is 0.176 e. The first kappa shape index (κ1) is 97.1. The first-order valence-electron chi connectivity index (χ1n) is 36.6. The molecule has 0 bridgehead atoms. The SMILES string of the molecule is Cc1cc(C)c(-n2c(-c3[c-]cccc3)nc(C#N)c2C)c(C)c1.[C-]#[N+]c1c(F)c[c-]c(-c2nccn2-c2c(C)cccc2C)c1F.[C-]#[N+]c1cc[c-]c(-c2nc(C#N)cn2-c2c(CC)cccc2CC)c1.[C-]#[N+]c1cc[c-]c(-c2nccn2-c2c(C)cc(C)cc2C)c1.[C-]#[N+]c1cc[c-]c(-c2nccn2-c2c(C)cccc2C)c1F.[Ir].[Ir].[Ir].[Ir].[Ir]. The molecule has 5 radical (unpaired) electrons. The summed E-state index contributed by atoms with van der Waals surface area (Å²) in [7, 11) is 0. The molecule has 0 N–H and O–H groups in total. The third-order valence-corrected chi connectivity index (χ3v) is 19.1. The minimum Gasteiger partial charge on any atom is -0.340 e. The number of hydrogen-bond acceptors (Lipinski definition) is 7. The van der Waals surface area contributed by atoms with Crippen molar-refractivity contribution in [2.24, 2.45) is 0 Å². The number of para-hydroxylation sites is 3. The Morgan fingerprint density at radius 3 is 1.32 bits per heavy atom. The van der Waals surface area contributed by atoms with E-state index in [1.54, 1.807) is 71.9 Å². The second kappa shape index (κ2) is 44.3. The fraction of sp³-hybridized carbons (Fsp3) is 0.156. The maximum Gasteiger partial charge on any atom is 0.176 e. The molecule has 0 fully saturated rings. The zero-order valence-electron chi connectivity index (χ0n) is 67.4. The summed E-state index contributed by atoms with van der Waals surface area (Å²) in [5, 5.41) is 18.7. The van der Waals surface area contributed by atoms with Crippen molar-refractivity contribution in [1.29, 1.82) is 10.5 Å². The molecule has 10 aromatic carbocycles. The van der Waals surface area contributed by atoms with E-state index >= 15 is 0 Å². The van der Waals surface area contributed by atoms with E-state index in [0.717, 1.165) is 98.1 Å². The van der Waals surface area contributed by atoms with Crippen LogP contribution in [-0.2, 0) is 113 Å². The molecule has 0 saturated carbocycles. The second-order valence-corrected chi connectivity index (χ2v) is 27.1. The van der Waals surface area contributed by atoms with Crippen LogP contribution in [0.4, 0.5) is 35.9 Å². The van der Waals surface area contributed by atoms with Gasteiger partial charge in [0.2, 0.25) is 0 Å². The van der Waals surface area contributed by atoms with Crippen molar-refractivity contribution in [3.63, 3.8) is 0 Å². The molecule has 24 heteroatoms. The van der Waals surface area contributed by atoms with Gasteiger partial charge in [-0.15, -0.1) is 108 Å². The topological polar surface area (TPSA) is 154 Å². The fourth-order valence-corrected chi connectivity index (χ4v) is 14.2. The Balaban J connectivity index is 0.000000230. The van der Waals surface area contributed by atoms with Gasteiger partial charge in [-0.3, -0.25) is 57.5 Å². The molecule has 0 unspecified atom stereocenters. The summed E-state index contributed by atoms with van der Waals surface area (Å²) < 4.78 is 52.1. The van der Waals surface area contributed by atoms with Gasteiger partial charge in [0.15, 0.2) is 11.4 Å². The maximum atomic E-state index is 14.5. The first-order chi connectivity index (χ1) is 55.5. The zero-order valence-corrected chi connectivity index (χ0v) is 79.4. The Bertz CT molecular complexity index is 6340. The number of aromatic nitrogens is 10. The van der Waals surface area contributed by atoms with Crippen molar-refractivity contribution in [3.8, 4) is 97.5 Å². The van der Waals surface area contributed by atoms with Gasteiger partial charge in [0, 0.05) is 195 Å². The van der Waals surface area contributed by atoms with Crippen LogP contribution in [0.25, 0.3) is 105 Å². The molecule has 0 atom stereocenters. The first-order valence-corrected chi connectivity index (χ1v) is 36.6. The molecule has 0 saturated heterocycles. The quantitative estimate of drug-likeness (QED) is 0.110. The van der Waals surface area contributed by atoms with Crippen LogP contribution in [0.1, 0.15) is 97.7 Å². The van der Waals surface area contributed by atoms with Gasteiger partial charge in [-0.2, -0.15) is 28.7 Å². The molecule has 0 spiro atoms. The zero-order chi connectivity index (χ0) is 82.3. The molecule has 16 nitrogen and oxygen atoms in total. The number of aryl methyl sites for hydroxylation is 12.